The Morgan fingerprint density at radius 3 is 2.52 bits per heavy atom. The second-order valence-corrected chi connectivity index (χ2v) is 6.82. The second-order valence-electron chi connectivity index (χ2n) is 6.82. The van der Waals surface area contributed by atoms with Gasteiger partial charge >= 0.3 is 0 Å². The molecule has 0 bridgehead atoms. The number of carbonyl (C=O) groups excluding carboxylic acids is 1. The summed E-state index contributed by atoms with van der Waals surface area (Å²) in [6.45, 7) is 5.80. The quantitative estimate of drug-likeness (QED) is 0.650. The van der Waals surface area contributed by atoms with Gasteiger partial charge in [-0.25, -0.2) is 0 Å². The Bertz CT molecular complexity index is 841. The van der Waals surface area contributed by atoms with Crippen LogP contribution >= 0.6 is 0 Å². The molecule has 140 valence electrons. The van der Waals surface area contributed by atoms with E-state index in [0.717, 1.165) is 19.6 Å². The minimum atomic E-state index is -0.422. The highest BCUT2D eigenvalue weighted by atomic mass is 16.6. The lowest BCUT2D eigenvalue weighted by Crippen LogP contribution is -3.14. The largest absolute Gasteiger partial charge is 0.329 e. The lowest BCUT2D eigenvalue weighted by atomic mass is 10.1. The van der Waals surface area contributed by atoms with Gasteiger partial charge in [-0.05, 0) is 30.7 Å². The van der Waals surface area contributed by atoms with Crippen molar-refractivity contribution in [2.45, 2.75) is 6.92 Å². The van der Waals surface area contributed by atoms with Gasteiger partial charge in [0.15, 0.2) is 0 Å². The van der Waals surface area contributed by atoms with Gasteiger partial charge in [0.25, 0.3) is 11.6 Å². The number of rotatable bonds is 5. The van der Waals surface area contributed by atoms with Crippen LogP contribution in [0, 0.1) is 17.0 Å². The van der Waals surface area contributed by atoms with Gasteiger partial charge in [-0.1, -0.05) is 36.4 Å². The summed E-state index contributed by atoms with van der Waals surface area (Å²) in [5.41, 5.74) is 2.27. The van der Waals surface area contributed by atoms with E-state index in [1.807, 2.05) is 23.1 Å². The molecule has 1 saturated heterocycles. The first-order valence-corrected chi connectivity index (χ1v) is 9.14. The van der Waals surface area contributed by atoms with Gasteiger partial charge in [0, 0.05) is 17.2 Å². The number of nitro groups is 1. The third-order valence-corrected chi connectivity index (χ3v) is 4.91. The number of nitro benzene ring substituents is 1. The number of benzene rings is 2. The van der Waals surface area contributed by atoms with Crippen LogP contribution in [0.4, 0.5) is 5.69 Å². The van der Waals surface area contributed by atoms with E-state index in [-0.39, 0.29) is 11.6 Å². The number of quaternary nitrogens is 1. The number of amides is 1. The summed E-state index contributed by atoms with van der Waals surface area (Å²) in [5, 5.41) is 10.9. The highest BCUT2D eigenvalue weighted by Crippen LogP contribution is 2.19. The topological polar surface area (TPSA) is 67.9 Å². The average Bonchev–Trinajstić information content (AvgIpc) is 2.68. The van der Waals surface area contributed by atoms with Crippen LogP contribution in [-0.4, -0.2) is 48.5 Å². The van der Waals surface area contributed by atoms with Gasteiger partial charge in [-0.3, -0.25) is 14.9 Å². The molecule has 1 heterocycles. The fourth-order valence-electron chi connectivity index (χ4n) is 3.33. The van der Waals surface area contributed by atoms with Crippen molar-refractivity contribution >= 4 is 17.7 Å². The minimum absolute atomic E-state index is 0.0472. The Morgan fingerprint density at radius 2 is 1.89 bits per heavy atom. The molecule has 2 aromatic rings. The molecule has 1 fully saturated rings. The molecule has 3 rings (SSSR count). The zero-order valence-corrected chi connectivity index (χ0v) is 15.4. The summed E-state index contributed by atoms with van der Waals surface area (Å²) in [5.74, 6) is -0.0492. The van der Waals surface area contributed by atoms with Crippen molar-refractivity contribution < 1.29 is 14.6 Å². The Hall–Kier alpha value is -2.99. The lowest BCUT2D eigenvalue weighted by Gasteiger charge is -2.31. The smallest absolute Gasteiger partial charge is 0.272 e. The SMILES string of the molecule is Cc1cc(C(=O)N2CC[NH+](CC=Cc3ccccc3)CC2)ccc1[N+](=O)[O-]. The lowest BCUT2D eigenvalue weighted by molar-refractivity contribution is -0.898. The van der Waals surface area contributed by atoms with E-state index in [2.05, 4.69) is 24.3 Å². The molecule has 6 heteroatoms. The fourth-order valence-corrected chi connectivity index (χ4v) is 3.33. The summed E-state index contributed by atoms with van der Waals surface area (Å²) in [6.07, 6.45) is 4.31. The maximum Gasteiger partial charge on any atom is 0.272 e. The number of nitrogens with one attached hydrogen (secondary N) is 1. The van der Waals surface area contributed by atoms with E-state index in [4.69, 9.17) is 0 Å². The van der Waals surface area contributed by atoms with Gasteiger partial charge < -0.3 is 9.80 Å². The van der Waals surface area contributed by atoms with Crippen molar-refractivity contribution in [3.05, 3.63) is 81.4 Å². The Kier molecular flexibility index (Phi) is 5.98. The van der Waals surface area contributed by atoms with Crippen LogP contribution in [0.2, 0.25) is 0 Å². The van der Waals surface area contributed by atoms with Crippen molar-refractivity contribution in [3.63, 3.8) is 0 Å². The molecular weight excluding hydrogens is 342 g/mol. The molecule has 1 N–H and O–H groups in total. The first kappa shape index (κ1) is 18.8. The van der Waals surface area contributed by atoms with E-state index in [0.29, 0.717) is 24.2 Å². The number of aryl methyl sites for hydroxylation is 1. The second kappa shape index (κ2) is 8.60. The molecule has 0 saturated carbocycles. The van der Waals surface area contributed by atoms with Crippen molar-refractivity contribution in [1.82, 2.24) is 4.90 Å². The number of hydrogen-bond acceptors (Lipinski definition) is 3. The maximum atomic E-state index is 12.7. The van der Waals surface area contributed by atoms with Crippen LogP contribution in [0.15, 0.2) is 54.6 Å². The zero-order chi connectivity index (χ0) is 19.2. The van der Waals surface area contributed by atoms with Gasteiger partial charge in [0.05, 0.1) is 37.6 Å². The predicted octanol–water partition coefficient (Wildman–Crippen LogP) is 1.96. The molecule has 1 aliphatic rings. The van der Waals surface area contributed by atoms with Crippen molar-refractivity contribution in [2.75, 3.05) is 32.7 Å². The van der Waals surface area contributed by atoms with E-state index in [1.165, 1.54) is 16.5 Å². The van der Waals surface area contributed by atoms with Crippen LogP contribution in [0.1, 0.15) is 21.5 Å². The fraction of sp³-hybridized carbons (Fsp3) is 0.286. The summed E-state index contributed by atoms with van der Waals surface area (Å²) >= 11 is 0. The van der Waals surface area contributed by atoms with Gasteiger partial charge in [0.1, 0.15) is 0 Å². The van der Waals surface area contributed by atoms with Crippen molar-refractivity contribution in [1.29, 1.82) is 0 Å². The molecule has 0 aromatic heterocycles. The van der Waals surface area contributed by atoms with Crippen LogP contribution in [0.3, 0.4) is 0 Å². The molecule has 2 aromatic carbocycles. The Balaban J connectivity index is 1.53. The predicted molar refractivity (Wildman–Crippen MR) is 105 cm³/mol. The third-order valence-electron chi connectivity index (χ3n) is 4.91. The normalized spacial score (nSPS) is 15.2. The molecule has 1 amide bonds. The number of hydrogen-bond donors (Lipinski definition) is 1. The van der Waals surface area contributed by atoms with Crippen LogP contribution in [0.25, 0.3) is 6.08 Å². The van der Waals surface area contributed by atoms with E-state index < -0.39 is 4.92 Å². The summed E-state index contributed by atoms with van der Waals surface area (Å²) in [7, 11) is 0. The standard InChI is InChI=1S/C21H23N3O3/c1-17-16-19(9-10-20(17)24(26)27)21(25)23-14-12-22(13-15-23)11-5-8-18-6-3-2-4-7-18/h2-10,16H,11-15H2,1H3/p+1. The van der Waals surface area contributed by atoms with E-state index >= 15 is 0 Å². The Morgan fingerprint density at radius 1 is 1.19 bits per heavy atom. The maximum absolute atomic E-state index is 12.7. The van der Waals surface area contributed by atoms with Crippen molar-refractivity contribution in [3.8, 4) is 0 Å². The van der Waals surface area contributed by atoms with Gasteiger partial charge in [0.2, 0.25) is 0 Å². The third kappa shape index (κ3) is 4.80. The number of piperazine rings is 1. The first-order chi connectivity index (χ1) is 13.0. The zero-order valence-electron chi connectivity index (χ0n) is 15.4. The molecule has 0 unspecified atom stereocenters. The molecule has 27 heavy (non-hydrogen) atoms. The van der Waals surface area contributed by atoms with E-state index in [9.17, 15) is 14.9 Å². The summed E-state index contributed by atoms with van der Waals surface area (Å²) in [4.78, 5) is 26.5. The summed E-state index contributed by atoms with van der Waals surface area (Å²) in [6, 6.07) is 14.8. The molecule has 0 radical (unpaired) electrons. The van der Waals surface area contributed by atoms with Crippen LogP contribution in [-0.2, 0) is 0 Å². The Labute approximate surface area is 158 Å². The first-order valence-electron chi connectivity index (χ1n) is 9.14. The number of nitrogens with zero attached hydrogens (tertiary/aromatic N) is 2. The summed E-state index contributed by atoms with van der Waals surface area (Å²) < 4.78 is 0. The van der Waals surface area contributed by atoms with Gasteiger partial charge in [-0.2, -0.15) is 0 Å². The van der Waals surface area contributed by atoms with Crippen molar-refractivity contribution in [2.24, 2.45) is 0 Å². The average molecular weight is 366 g/mol. The molecule has 0 spiro atoms. The highest BCUT2D eigenvalue weighted by molar-refractivity contribution is 5.94. The molecule has 1 aliphatic heterocycles. The molecule has 0 atom stereocenters. The molecular formula is C21H24N3O3+. The molecule has 6 nitrogen and oxygen atoms in total. The van der Waals surface area contributed by atoms with Gasteiger partial charge in [-0.15, -0.1) is 0 Å². The van der Waals surface area contributed by atoms with Crippen LogP contribution < -0.4 is 4.90 Å². The molecule has 0 aliphatic carbocycles. The minimum Gasteiger partial charge on any atom is -0.329 e. The highest BCUT2D eigenvalue weighted by Gasteiger charge is 2.24. The number of carbonyl (C=O) groups is 1. The van der Waals surface area contributed by atoms with E-state index in [1.54, 1.807) is 19.1 Å². The monoisotopic (exact) mass is 366 g/mol. The van der Waals surface area contributed by atoms with Crippen LogP contribution in [0.5, 0.6) is 0 Å².